The van der Waals surface area contributed by atoms with Crippen LogP contribution >= 0.6 is 0 Å². The summed E-state index contributed by atoms with van der Waals surface area (Å²) in [7, 11) is 1.65. The number of piperazine rings is 1. The monoisotopic (exact) mass is 344 g/mol. The molecule has 0 aromatic heterocycles. The molecule has 1 saturated heterocycles. The smallest absolute Gasteiger partial charge is 0.331 e. The number of allylic oxidation sites excluding steroid dienone is 3. The Hall–Kier alpha value is -2.76. The first kappa shape index (κ1) is 18.6. The molecule has 1 fully saturated rings. The van der Waals surface area contributed by atoms with E-state index in [0.717, 1.165) is 11.4 Å². The summed E-state index contributed by atoms with van der Waals surface area (Å²) >= 11 is 0. The molecule has 134 valence electrons. The van der Waals surface area contributed by atoms with Gasteiger partial charge in [0.1, 0.15) is 5.75 Å². The lowest BCUT2D eigenvalue weighted by molar-refractivity contribution is -0.148. The summed E-state index contributed by atoms with van der Waals surface area (Å²) in [4.78, 5) is 27.5. The summed E-state index contributed by atoms with van der Waals surface area (Å²) in [6.45, 7) is 4.21. The van der Waals surface area contributed by atoms with Crippen molar-refractivity contribution in [3.8, 4) is 5.75 Å². The first-order valence-corrected chi connectivity index (χ1v) is 8.27. The largest absolute Gasteiger partial charge is 0.495 e. The van der Waals surface area contributed by atoms with Gasteiger partial charge in [-0.3, -0.25) is 4.79 Å². The third-order valence-corrected chi connectivity index (χ3v) is 3.93. The maximum Gasteiger partial charge on any atom is 0.331 e. The third-order valence-electron chi connectivity index (χ3n) is 3.93. The van der Waals surface area contributed by atoms with Gasteiger partial charge in [-0.2, -0.15) is 0 Å². The molecule has 0 spiro atoms. The fourth-order valence-corrected chi connectivity index (χ4v) is 2.61. The second-order valence-corrected chi connectivity index (χ2v) is 5.53. The highest BCUT2D eigenvalue weighted by Crippen LogP contribution is 2.28. The van der Waals surface area contributed by atoms with Gasteiger partial charge in [-0.25, -0.2) is 4.79 Å². The number of carbonyl (C=O) groups excluding carboxylic acids is 2. The van der Waals surface area contributed by atoms with E-state index in [1.807, 2.05) is 31.2 Å². The number of benzene rings is 1. The highest BCUT2D eigenvalue weighted by atomic mass is 16.5. The lowest BCUT2D eigenvalue weighted by Crippen LogP contribution is -2.50. The van der Waals surface area contributed by atoms with E-state index in [-0.39, 0.29) is 12.5 Å². The molecule has 1 aromatic carbocycles. The Morgan fingerprint density at radius 2 is 1.84 bits per heavy atom. The molecule has 6 heteroatoms. The number of amides is 1. The summed E-state index contributed by atoms with van der Waals surface area (Å²) in [5.41, 5.74) is 1.03. The highest BCUT2D eigenvalue weighted by Gasteiger charge is 2.23. The molecular formula is C19H24N2O4. The van der Waals surface area contributed by atoms with Gasteiger partial charge in [0.05, 0.1) is 12.8 Å². The standard InChI is InChI=1S/C19H24N2O4/c1-3-4-5-10-19(23)25-15-18(22)21-13-11-20(12-14-21)16-8-6-7-9-17(16)24-2/h3-10H,11-15H2,1-2H3/b4-3+,10-5+. The van der Waals surface area contributed by atoms with Crippen LogP contribution in [-0.2, 0) is 14.3 Å². The quantitative estimate of drug-likeness (QED) is 0.449. The Labute approximate surface area is 148 Å². The zero-order valence-electron chi connectivity index (χ0n) is 14.7. The number of nitrogens with zero attached hydrogens (tertiary/aromatic N) is 2. The molecule has 0 radical (unpaired) electrons. The molecule has 0 unspecified atom stereocenters. The molecule has 6 nitrogen and oxygen atoms in total. The number of hydrogen-bond acceptors (Lipinski definition) is 5. The molecule has 2 rings (SSSR count). The van der Waals surface area contributed by atoms with E-state index in [2.05, 4.69) is 4.90 Å². The van der Waals surface area contributed by atoms with Gasteiger partial charge in [0.15, 0.2) is 6.61 Å². The average Bonchev–Trinajstić information content (AvgIpc) is 2.66. The molecule has 1 aliphatic rings. The van der Waals surface area contributed by atoms with E-state index in [4.69, 9.17) is 9.47 Å². The lowest BCUT2D eigenvalue weighted by Gasteiger charge is -2.36. The van der Waals surface area contributed by atoms with E-state index in [9.17, 15) is 9.59 Å². The van der Waals surface area contributed by atoms with Crippen LogP contribution in [0.4, 0.5) is 5.69 Å². The minimum atomic E-state index is -0.515. The molecule has 0 saturated carbocycles. The fourth-order valence-electron chi connectivity index (χ4n) is 2.61. The van der Waals surface area contributed by atoms with Gasteiger partial charge < -0.3 is 19.3 Å². The predicted molar refractivity (Wildman–Crippen MR) is 96.7 cm³/mol. The van der Waals surface area contributed by atoms with Crippen LogP contribution in [0.25, 0.3) is 0 Å². The number of anilines is 1. The van der Waals surface area contributed by atoms with Gasteiger partial charge in [0.25, 0.3) is 5.91 Å². The second-order valence-electron chi connectivity index (χ2n) is 5.53. The molecule has 1 aromatic rings. The second kappa shape index (κ2) is 9.52. The van der Waals surface area contributed by atoms with Crippen LogP contribution in [0.5, 0.6) is 5.75 Å². The summed E-state index contributed by atoms with van der Waals surface area (Å²) < 4.78 is 10.4. The third kappa shape index (κ3) is 5.38. The van der Waals surface area contributed by atoms with E-state index in [0.29, 0.717) is 26.2 Å². The predicted octanol–water partition coefficient (Wildman–Crippen LogP) is 2.02. The zero-order valence-corrected chi connectivity index (χ0v) is 14.7. The van der Waals surface area contributed by atoms with Crippen LogP contribution in [0.1, 0.15) is 6.92 Å². The number of rotatable bonds is 6. The number of ether oxygens (including phenoxy) is 2. The first-order valence-electron chi connectivity index (χ1n) is 8.27. The van der Waals surface area contributed by atoms with Crippen LogP contribution < -0.4 is 9.64 Å². The van der Waals surface area contributed by atoms with Crippen LogP contribution in [0.2, 0.25) is 0 Å². The van der Waals surface area contributed by atoms with Crippen molar-refractivity contribution in [1.29, 1.82) is 0 Å². The van der Waals surface area contributed by atoms with Gasteiger partial charge >= 0.3 is 5.97 Å². The number of para-hydroxylation sites is 2. The maximum absolute atomic E-state index is 12.2. The molecule has 1 heterocycles. The average molecular weight is 344 g/mol. The van der Waals surface area contributed by atoms with Gasteiger partial charge in [0, 0.05) is 32.3 Å². The van der Waals surface area contributed by atoms with Crippen molar-refractivity contribution in [3.05, 3.63) is 48.6 Å². The zero-order chi connectivity index (χ0) is 18.1. The van der Waals surface area contributed by atoms with Crippen molar-refractivity contribution in [2.75, 3.05) is 44.8 Å². The number of esters is 1. The molecule has 0 aliphatic carbocycles. The van der Waals surface area contributed by atoms with Gasteiger partial charge in [-0.15, -0.1) is 0 Å². The van der Waals surface area contributed by atoms with E-state index in [1.165, 1.54) is 6.08 Å². The molecule has 1 amide bonds. The summed E-state index contributed by atoms with van der Waals surface area (Å²) in [6, 6.07) is 7.83. The van der Waals surface area contributed by atoms with Crippen molar-refractivity contribution < 1.29 is 19.1 Å². The topological polar surface area (TPSA) is 59.1 Å². The Kier molecular flexibility index (Phi) is 7.07. The number of hydrogen-bond donors (Lipinski definition) is 0. The Morgan fingerprint density at radius 1 is 1.12 bits per heavy atom. The van der Waals surface area contributed by atoms with Crippen molar-refractivity contribution in [2.45, 2.75) is 6.92 Å². The van der Waals surface area contributed by atoms with Crippen LogP contribution in [0.15, 0.2) is 48.6 Å². The SMILES string of the molecule is C/C=C/C=C/C(=O)OCC(=O)N1CCN(c2ccccc2OC)CC1. The Balaban J connectivity index is 1.81. The first-order chi connectivity index (χ1) is 12.2. The summed E-state index contributed by atoms with van der Waals surface area (Å²) in [6.07, 6.45) is 6.40. The van der Waals surface area contributed by atoms with E-state index < -0.39 is 5.97 Å². The van der Waals surface area contributed by atoms with Crippen molar-refractivity contribution in [2.24, 2.45) is 0 Å². The number of methoxy groups -OCH3 is 1. The van der Waals surface area contributed by atoms with Crippen LogP contribution in [0.3, 0.4) is 0 Å². The fraction of sp³-hybridized carbons (Fsp3) is 0.368. The Morgan fingerprint density at radius 3 is 2.52 bits per heavy atom. The van der Waals surface area contributed by atoms with Crippen molar-refractivity contribution >= 4 is 17.6 Å². The highest BCUT2D eigenvalue weighted by molar-refractivity contribution is 5.86. The molecule has 0 N–H and O–H groups in total. The molecule has 0 bridgehead atoms. The van der Waals surface area contributed by atoms with Crippen molar-refractivity contribution in [3.63, 3.8) is 0 Å². The van der Waals surface area contributed by atoms with Gasteiger partial charge in [-0.05, 0) is 19.1 Å². The minimum Gasteiger partial charge on any atom is -0.495 e. The van der Waals surface area contributed by atoms with Crippen LogP contribution in [0, 0.1) is 0 Å². The molecule has 25 heavy (non-hydrogen) atoms. The van der Waals surface area contributed by atoms with E-state index in [1.54, 1.807) is 30.2 Å². The van der Waals surface area contributed by atoms with Crippen molar-refractivity contribution in [1.82, 2.24) is 4.90 Å². The van der Waals surface area contributed by atoms with Gasteiger partial charge in [0.2, 0.25) is 0 Å². The molecule has 0 atom stereocenters. The maximum atomic E-state index is 12.2. The molecule has 1 aliphatic heterocycles. The number of carbonyl (C=O) groups is 2. The Bertz CT molecular complexity index is 647. The normalized spacial score (nSPS) is 15.0. The summed E-state index contributed by atoms with van der Waals surface area (Å²) in [5.74, 6) is 0.135. The summed E-state index contributed by atoms with van der Waals surface area (Å²) in [5, 5.41) is 0. The molecular weight excluding hydrogens is 320 g/mol. The van der Waals surface area contributed by atoms with Gasteiger partial charge in [-0.1, -0.05) is 30.4 Å². The van der Waals surface area contributed by atoms with Crippen LogP contribution in [-0.4, -0.2) is 56.7 Å². The minimum absolute atomic E-state index is 0.174. The van der Waals surface area contributed by atoms with E-state index >= 15 is 0 Å². The lowest BCUT2D eigenvalue weighted by atomic mass is 10.2.